The van der Waals surface area contributed by atoms with Crippen molar-refractivity contribution in [1.82, 2.24) is 19.7 Å². The SMILES string of the molecule is CCCC1=C(C(=O)OCC)[C@H](c2cc[nH]c2)n2ncnc2N1. The summed E-state index contributed by atoms with van der Waals surface area (Å²) in [5.41, 5.74) is 2.40. The number of rotatable bonds is 5. The molecule has 1 aliphatic heterocycles. The largest absolute Gasteiger partial charge is 0.463 e. The molecule has 2 aromatic heterocycles. The number of ether oxygens (including phenoxy) is 1. The highest BCUT2D eigenvalue weighted by molar-refractivity contribution is 5.92. The van der Waals surface area contributed by atoms with E-state index >= 15 is 0 Å². The Morgan fingerprint density at radius 2 is 2.32 bits per heavy atom. The predicted molar refractivity (Wildman–Crippen MR) is 81.1 cm³/mol. The standard InChI is InChI=1S/C15H19N5O2/c1-3-5-11-12(14(21)22-4-2)13(10-6-7-16-8-10)20-15(19-11)17-9-18-20/h6-9,13,16H,3-5H2,1-2H3,(H,17,18,19)/t13-/m0/s1. The van der Waals surface area contributed by atoms with E-state index in [4.69, 9.17) is 4.74 Å². The van der Waals surface area contributed by atoms with Crippen LogP contribution in [0.2, 0.25) is 0 Å². The monoisotopic (exact) mass is 301 g/mol. The van der Waals surface area contributed by atoms with E-state index in [2.05, 4.69) is 27.3 Å². The van der Waals surface area contributed by atoms with Crippen LogP contribution in [0.1, 0.15) is 38.3 Å². The van der Waals surface area contributed by atoms with Crippen LogP contribution < -0.4 is 5.32 Å². The van der Waals surface area contributed by atoms with Crippen LogP contribution in [0.15, 0.2) is 36.1 Å². The Morgan fingerprint density at radius 1 is 1.45 bits per heavy atom. The zero-order valence-electron chi connectivity index (χ0n) is 12.7. The Labute approximate surface area is 128 Å². The van der Waals surface area contributed by atoms with Gasteiger partial charge in [0.2, 0.25) is 5.95 Å². The zero-order valence-corrected chi connectivity index (χ0v) is 12.7. The van der Waals surface area contributed by atoms with E-state index in [9.17, 15) is 4.79 Å². The van der Waals surface area contributed by atoms with E-state index in [0.29, 0.717) is 18.1 Å². The number of fused-ring (bicyclic) bond motifs is 1. The van der Waals surface area contributed by atoms with Crippen molar-refractivity contribution in [3.05, 3.63) is 41.6 Å². The summed E-state index contributed by atoms with van der Waals surface area (Å²) in [6.07, 6.45) is 6.85. The maximum absolute atomic E-state index is 12.5. The molecule has 0 fully saturated rings. The molecule has 3 rings (SSSR count). The van der Waals surface area contributed by atoms with Gasteiger partial charge in [0.1, 0.15) is 12.4 Å². The summed E-state index contributed by atoms with van der Waals surface area (Å²) in [7, 11) is 0. The third kappa shape index (κ3) is 2.38. The molecule has 3 heterocycles. The number of H-pyrrole nitrogens is 1. The average molecular weight is 301 g/mol. The molecule has 0 amide bonds. The minimum Gasteiger partial charge on any atom is -0.463 e. The van der Waals surface area contributed by atoms with Crippen molar-refractivity contribution in [3.63, 3.8) is 0 Å². The summed E-state index contributed by atoms with van der Waals surface area (Å²) in [6.45, 7) is 4.22. The topological polar surface area (TPSA) is 84.8 Å². The van der Waals surface area contributed by atoms with Gasteiger partial charge >= 0.3 is 5.97 Å². The lowest BCUT2D eigenvalue weighted by Crippen LogP contribution is -2.30. The summed E-state index contributed by atoms with van der Waals surface area (Å²) in [6, 6.07) is 1.61. The van der Waals surface area contributed by atoms with Gasteiger partial charge in [-0.15, -0.1) is 0 Å². The number of carbonyl (C=O) groups is 1. The van der Waals surface area contributed by atoms with E-state index < -0.39 is 0 Å². The first-order chi connectivity index (χ1) is 10.8. The number of nitrogens with zero attached hydrogens (tertiary/aromatic N) is 3. The van der Waals surface area contributed by atoms with Crippen LogP contribution in [0.4, 0.5) is 5.95 Å². The molecule has 22 heavy (non-hydrogen) atoms. The highest BCUT2D eigenvalue weighted by atomic mass is 16.5. The minimum absolute atomic E-state index is 0.314. The Kier molecular flexibility index (Phi) is 3.95. The first kappa shape index (κ1) is 14.4. The van der Waals surface area contributed by atoms with Crippen molar-refractivity contribution in [1.29, 1.82) is 0 Å². The number of anilines is 1. The first-order valence-corrected chi connectivity index (χ1v) is 7.45. The van der Waals surface area contributed by atoms with Crippen LogP contribution in [0.25, 0.3) is 0 Å². The molecule has 1 atom stereocenters. The maximum atomic E-state index is 12.5. The Balaban J connectivity index is 2.13. The second-order valence-corrected chi connectivity index (χ2v) is 5.06. The van der Waals surface area contributed by atoms with Gasteiger partial charge in [-0.2, -0.15) is 10.1 Å². The molecule has 0 aliphatic carbocycles. The molecule has 0 saturated carbocycles. The number of aromatic nitrogens is 4. The van der Waals surface area contributed by atoms with E-state index in [1.807, 2.05) is 18.5 Å². The summed E-state index contributed by atoms with van der Waals surface area (Å²) < 4.78 is 6.99. The zero-order chi connectivity index (χ0) is 15.5. The van der Waals surface area contributed by atoms with Crippen LogP contribution in [0.5, 0.6) is 0 Å². The maximum Gasteiger partial charge on any atom is 0.338 e. The number of esters is 1. The van der Waals surface area contributed by atoms with Crippen molar-refractivity contribution in [3.8, 4) is 0 Å². The van der Waals surface area contributed by atoms with E-state index in [1.165, 1.54) is 6.33 Å². The second-order valence-electron chi connectivity index (χ2n) is 5.06. The molecular weight excluding hydrogens is 282 g/mol. The van der Waals surface area contributed by atoms with Crippen LogP contribution in [0, 0.1) is 0 Å². The van der Waals surface area contributed by atoms with Crippen molar-refractivity contribution < 1.29 is 9.53 Å². The van der Waals surface area contributed by atoms with Crippen molar-refractivity contribution in [2.75, 3.05) is 11.9 Å². The fourth-order valence-electron chi connectivity index (χ4n) is 2.72. The number of aromatic amines is 1. The summed E-state index contributed by atoms with van der Waals surface area (Å²) in [4.78, 5) is 19.8. The number of allylic oxidation sites excluding steroid dienone is 1. The number of carbonyl (C=O) groups excluding carboxylic acids is 1. The molecule has 0 spiro atoms. The fraction of sp³-hybridized carbons (Fsp3) is 0.400. The summed E-state index contributed by atoms with van der Waals surface area (Å²) >= 11 is 0. The third-order valence-electron chi connectivity index (χ3n) is 3.61. The highest BCUT2D eigenvalue weighted by Gasteiger charge is 2.35. The predicted octanol–water partition coefficient (Wildman–Crippen LogP) is 2.24. The van der Waals surface area contributed by atoms with Gasteiger partial charge in [-0.05, 0) is 25.0 Å². The van der Waals surface area contributed by atoms with E-state index in [-0.39, 0.29) is 12.0 Å². The van der Waals surface area contributed by atoms with Crippen LogP contribution in [0.3, 0.4) is 0 Å². The average Bonchev–Trinajstić information content (AvgIpc) is 3.17. The van der Waals surface area contributed by atoms with Crippen LogP contribution >= 0.6 is 0 Å². The normalized spacial score (nSPS) is 17.1. The smallest absolute Gasteiger partial charge is 0.338 e. The molecular formula is C15H19N5O2. The van der Waals surface area contributed by atoms with Gasteiger partial charge in [0.25, 0.3) is 0 Å². The van der Waals surface area contributed by atoms with Crippen LogP contribution in [-0.2, 0) is 9.53 Å². The molecule has 116 valence electrons. The van der Waals surface area contributed by atoms with Gasteiger partial charge in [0.15, 0.2) is 0 Å². The van der Waals surface area contributed by atoms with E-state index in [1.54, 1.807) is 11.6 Å². The summed E-state index contributed by atoms with van der Waals surface area (Å²) in [5, 5.41) is 7.49. The Hall–Kier alpha value is -2.57. The number of hydrogen-bond acceptors (Lipinski definition) is 5. The molecule has 7 nitrogen and oxygen atoms in total. The minimum atomic E-state index is -0.328. The lowest BCUT2D eigenvalue weighted by Gasteiger charge is -2.28. The number of hydrogen-bond donors (Lipinski definition) is 2. The van der Waals surface area contributed by atoms with Gasteiger partial charge in [0, 0.05) is 18.1 Å². The highest BCUT2D eigenvalue weighted by Crippen LogP contribution is 2.36. The van der Waals surface area contributed by atoms with Crippen molar-refractivity contribution >= 4 is 11.9 Å². The third-order valence-corrected chi connectivity index (χ3v) is 3.61. The Morgan fingerprint density at radius 3 is 3.00 bits per heavy atom. The quantitative estimate of drug-likeness (QED) is 0.827. The van der Waals surface area contributed by atoms with Crippen LogP contribution in [-0.4, -0.2) is 32.3 Å². The lowest BCUT2D eigenvalue weighted by molar-refractivity contribution is -0.139. The van der Waals surface area contributed by atoms with Crippen molar-refractivity contribution in [2.24, 2.45) is 0 Å². The molecule has 0 unspecified atom stereocenters. The summed E-state index contributed by atoms with van der Waals surface area (Å²) in [5.74, 6) is 0.327. The fourth-order valence-corrected chi connectivity index (χ4v) is 2.72. The Bertz CT molecular complexity index is 687. The van der Waals surface area contributed by atoms with Gasteiger partial charge in [-0.3, -0.25) is 0 Å². The molecule has 1 aliphatic rings. The van der Waals surface area contributed by atoms with Gasteiger partial charge < -0.3 is 15.0 Å². The first-order valence-electron chi connectivity index (χ1n) is 7.45. The molecule has 2 N–H and O–H groups in total. The van der Waals surface area contributed by atoms with Gasteiger partial charge in [-0.25, -0.2) is 9.48 Å². The van der Waals surface area contributed by atoms with E-state index in [0.717, 1.165) is 24.1 Å². The van der Waals surface area contributed by atoms with Gasteiger partial charge in [-0.1, -0.05) is 13.3 Å². The lowest BCUT2D eigenvalue weighted by atomic mass is 9.96. The second kappa shape index (κ2) is 6.05. The molecule has 0 bridgehead atoms. The molecule has 0 saturated heterocycles. The number of nitrogens with one attached hydrogen (secondary N) is 2. The molecule has 2 aromatic rings. The molecule has 7 heteroatoms. The molecule has 0 radical (unpaired) electrons. The van der Waals surface area contributed by atoms with Gasteiger partial charge in [0.05, 0.1) is 12.2 Å². The molecule has 0 aromatic carbocycles. The van der Waals surface area contributed by atoms with Crippen molar-refractivity contribution in [2.45, 2.75) is 32.7 Å².